The van der Waals surface area contributed by atoms with E-state index in [2.05, 4.69) is 4.98 Å². The number of hydrogen-bond acceptors (Lipinski definition) is 3. The lowest BCUT2D eigenvalue weighted by Gasteiger charge is -2.07. The number of imidazole rings is 1. The summed E-state index contributed by atoms with van der Waals surface area (Å²) in [6, 6.07) is 7.78. The van der Waals surface area contributed by atoms with Crippen molar-refractivity contribution in [1.82, 2.24) is 9.55 Å². The zero-order valence-corrected chi connectivity index (χ0v) is 8.55. The average Bonchev–Trinajstić information content (AvgIpc) is 2.77. The van der Waals surface area contributed by atoms with E-state index in [1.54, 1.807) is 19.6 Å². The molecule has 0 aliphatic rings. The lowest BCUT2D eigenvalue weighted by atomic mass is 10.3. The number of hydrogen-bond donors (Lipinski definition) is 1. The van der Waals surface area contributed by atoms with Crippen molar-refractivity contribution in [2.75, 3.05) is 7.11 Å². The Balaban J connectivity index is 2.44. The van der Waals surface area contributed by atoms with Gasteiger partial charge in [0.05, 0.1) is 24.8 Å². The van der Waals surface area contributed by atoms with Gasteiger partial charge in [-0.25, -0.2) is 4.98 Å². The number of aromatic nitrogens is 2. The van der Waals surface area contributed by atoms with E-state index in [1.165, 1.54) is 0 Å². The second-order valence-electron chi connectivity index (χ2n) is 3.16. The van der Waals surface area contributed by atoms with E-state index in [-0.39, 0.29) is 0 Å². The molecule has 2 rings (SSSR count). The Morgan fingerprint density at radius 2 is 2.33 bits per heavy atom. The lowest BCUT2D eigenvalue weighted by molar-refractivity contribution is 0.414. The molecule has 0 saturated heterocycles. The molecular weight excluding hydrogens is 190 g/mol. The van der Waals surface area contributed by atoms with Crippen molar-refractivity contribution in [3.63, 3.8) is 0 Å². The summed E-state index contributed by atoms with van der Waals surface area (Å²) in [5.74, 6) is 0.823. The molecule has 1 heterocycles. The molecule has 2 aromatic rings. The summed E-state index contributed by atoms with van der Waals surface area (Å²) < 4.78 is 7.11. The summed E-state index contributed by atoms with van der Waals surface area (Å²) in [5, 5.41) is 0. The Bertz CT molecular complexity index is 451. The third-order valence-electron chi connectivity index (χ3n) is 2.26. The van der Waals surface area contributed by atoms with Crippen LogP contribution in [0.25, 0.3) is 5.69 Å². The molecule has 0 unspecified atom stereocenters. The molecule has 0 amide bonds. The number of nitrogens with two attached hydrogens (primary N) is 1. The van der Waals surface area contributed by atoms with Gasteiger partial charge in [0.25, 0.3) is 0 Å². The van der Waals surface area contributed by atoms with Gasteiger partial charge in [-0.05, 0) is 12.1 Å². The number of benzene rings is 1. The van der Waals surface area contributed by atoms with Crippen LogP contribution in [0.2, 0.25) is 0 Å². The first kappa shape index (κ1) is 9.73. The van der Waals surface area contributed by atoms with Gasteiger partial charge in [0, 0.05) is 18.8 Å². The van der Waals surface area contributed by atoms with Gasteiger partial charge in [-0.15, -0.1) is 0 Å². The molecule has 4 heteroatoms. The van der Waals surface area contributed by atoms with Crippen LogP contribution in [-0.2, 0) is 6.54 Å². The molecule has 1 aromatic carbocycles. The predicted molar refractivity (Wildman–Crippen MR) is 58.0 cm³/mol. The van der Waals surface area contributed by atoms with Crippen LogP contribution in [0.5, 0.6) is 5.75 Å². The fourth-order valence-electron chi connectivity index (χ4n) is 1.47. The molecule has 15 heavy (non-hydrogen) atoms. The largest absolute Gasteiger partial charge is 0.497 e. The number of ether oxygens (including phenoxy) is 1. The van der Waals surface area contributed by atoms with Crippen LogP contribution < -0.4 is 10.5 Å². The average molecular weight is 203 g/mol. The lowest BCUT2D eigenvalue weighted by Crippen LogP contribution is -2.04. The normalized spacial score (nSPS) is 10.3. The van der Waals surface area contributed by atoms with Crippen LogP contribution in [0.4, 0.5) is 0 Å². The first-order valence-electron chi connectivity index (χ1n) is 4.71. The molecule has 0 spiro atoms. The van der Waals surface area contributed by atoms with Gasteiger partial charge >= 0.3 is 0 Å². The topological polar surface area (TPSA) is 53.1 Å². The fourth-order valence-corrected chi connectivity index (χ4v) is 1.47. The van der Waals surface area contributed by atoms with Crippen molar-refractivity contribution in [3.05, 3.63) is 42.5 Å². The van der Waals surface area contributed by atoms with Crippen molar-refractivity contribution in [2.45, 2.75) is 6.54 Å². The van der Waals surface area contributed by atoms with Crippen molar-refractivity contribution in [2.24, 2.45) is 5.73 Å². The van der Waals surface area contributed by atoms with Crippen LogP contribution >= 0.6 is 0 Å². The van der Waals surface area contributed by atoms with E-state index >= 15 is 0 Å². The molecule has 78 valence electrons. The van der Waals surface area contributed by atoms with Gasteiger partial charge in [0.2, 0.25) is 0 Å². The van der Waals surface area contributed by atoms with Gasteiger partial charge in [-0.2, -0.15) is 0 Å². The Morgan fingerprint density at radius 1 is 1.47 bits per heavy atom. The third-order valence-corrected chi connectivity index (χ3v) is 2.26. The maximum absolute atomic E-state index is 5.61. The minimum atomic E-state index is 0.469. The highest BCUT2D eigenvalue weighted by molar-refractivity contribution is 5.40. The van der Waals surface area contributed by atoms with E-state index < -0.39 is 0 Å². The molecular formula is C11H13N3O. The van der Waals surface area contributed by atoms with Crippen LogP contribution in [0.15, 0.2) is 36.8 Å². The van der Waals surface area contributed by atoms with Gasteiger partial charge in [-0.3, -0.25) is 0 Å². The van der Waals surface area contributed by atoms with Crippen LogP contribution in [0.3, 0.4) is 0 Å². The molecule has 0 fully saturated rings. The van der Waals surface area contributed by atoms with Crippen molar-refractivity contribution in [3.8, 4) is 11.4 Å². The van der Waals surface area contributed by atoms with E-state index in [0.717, 1.165) is 17.1 Å². The van der Waals surface area contributed by atoms with Crippen LogP contribution in [0, 0.1) is 0 Å². The first-order valence-corrected chi connectivity index (χ1v) is 4.71. The van der Waals surface area contributed by atoms with E-state index in [0.29, 0.717) is 6.54 Å². The fraction of sp³-hybridized carbons (Fsp3) is 0.182. The summed E-state index contributed by atoms with van der Waals surface area (Å²) in [6.45, 7) is 0.469. The van der Waals surface area contributed by atoms with E-state index in [9.17, 15) is 0 Å². The van der Waals surface area contributed by atoms with E-state index in [4.69, 9.17) is 10.5 Å². The highest BCUT2D eigenvalue weighted by Gasteiger charge is 2.03. The van der Waals surface area contributed by atoms with Gasteiger partial charge in [-0.1, -0.05) is 6.07 Å². The first-order chi connectivity index (χ1) is 7.35. The zero-order chi connectivity index (χ0) is 10.7. The van der Waals surface area contributed by atoms with Crippen LogP contribution in [-0.4, -0.2) is 16.7 Å². The molecule has 4 nitrogen and oxygen atoms in total. The summed E-state index contributed by atoms with van der Waals surface area (Å²) in [5.41, 5.74) is 7.59. The zero-order valence-electron chi connectivity index (χ0n) is 8.55. The number of methoxy groups -OCH3 is 1. The Labute approximate surface area is 88.3 Å². The summed E-state index contributed by atoms with van der Waals surface area (Å²) in [7, 11) is 1.65. The quantitative estimate of drug-likeness (QED) is 0.819. The maximum atomic E-state index is 5.61. The molecule has 0 atom stereocenters. The van der Waals surface area contributed by atoms with E-state index in [1.807, 2.05) is 28.8 Å². The molecule has 0 saturated carbocycles. The summed E-state index contributed by atoms with van der Waals surface area (Å²) >= 11 is 0. The molecule has 0 aliphatic carbocycles. The molecule has 0 bridgehead atoms. The second kappa shape index (κ2) is 4.14. The van der Waals surface area contributed by atoms with Gasteiger partial charge in [0.15, 0.2) is 0 Å². The van der Waals surface area contributed by atoms with Crippen molar-refractivity contribution < 1.29 is 4.74 Å². The highest BCUT2D eigenvalue weighted by atomic mass is 16.5. The second-order valence-corrected chi connectivity index (χ2v) is 3.16. The summed E-state index contributed by atoms with van der Waals surface area (Å²) in [4.78, 5) is 4.07. The minimum Gasteiger partial charge on any atom is -0.497 e. The molecule has 0 aliphatic heterocycles. The Morgan fingerprint density at radius 3 is 3.07 bits per heavy atom. The number of rotatable bonds is 3. The third kappa shape index (κ3) is 1.85. The van der Waals surface area contributed by atoms with Gasteiger partial charge in [0.1, 0.15) is 5.75 Å². The minimum absolute atomic E-state index is 0.469. The predicted octanol–water partition coefficient (Wildman–Crippen LogP) is 1.34. The Kier molecular flexibility index (Phi) is 2.69. The van der Waals surface area contributed by atoms with Gasteiger partial charge < -0.3 is 15.0 Å². The maximum Gasteiger partial charge on any atom is 0.120 e. The number of nitrogens with zero attached hydrogens (tertiary/aromatic N) is 2. The molecule has 2 N–H and O–H groups in total. The van der Waals surface area contributed by atoms with Crippen molar-refractivity contribution >= 4 is 0 Å². The Hall–Kier alpha value is -1.81. The SMILES string of the molecule is COc1cccc(-n2cncc2CN)c1. The standard InChI is InChI=1S/C11H13N3O/c1-15-11-4-2-3-9(5-11)14-8-13-7-10(14)6-12/h2-5,7-8H,6,12H2,1H3. The van der Waals surface area contributed by atoms with Crippen LogP contribution in [0.1, 0.15) is 5.69 Å². The smallest absolute Gasteiger partial charge is 0.120 e. The molecule has 1 aromatic heterocycles. The van der Waals surface area contributed by atoms with Crippen molar-refractivity contribution in [1.29, 1.82) is 0 Å². The monoisotopic (exact) mass is 203 g/mol. The summed E-state index contributed by atoms with van der Waals surface area (Å²) in [6.07, 6.45) is 3.51. The highest BCUT2D eigenvalue weighted by Crippen LogP contribution is 2.17. The molecule has 0 radical (unpaired) electrons.